The third-order valence-corrected chi connectivity index (χ3v) is 5.81. The Balaban J connectivity index is 2.17. The number of hydrogen-bond acceptors (Lipinski definition) is 3. The van der Waals surface area contributed by atoms with E-state index in [0.29, 0.717) is 22.8 Å². The summed E-state index contributed by atoms with van der Waals surface area (Å²) in [6.07, 6.45) is 1.01. The Kier molecular flexibility index (Phi) is 4.25. The van der Waals surface area contributed by atoms with Gasteiger partial charge in [-0.25, -0.2) is 0 Å². The average Bonchev–Trinajstić information content (AvgIpc) is 2.86. The third-order valence-electron chi connectivity index (χ3n) is 5.81. The molecule has 1 saturated carbocycles. The van der Waals surface area contributed by atoms with Crippen molar-refractivity contribution in [2.24, 2.45) is 16.7 Å². The number of ether oxygens (including phenoxy) is 2. The second-order valence-corrected chi connectivity index (χ2v) is 7.21. The van der Waals surface area contributed by atoms with Crippen LogP contribution in [0.5, 0.6) is 11.5 Å². The molecule has 2 rings (SSSR count). The molecule has 3 heteroatoms. The van der Waals surface area contributed by atoms with Gasteiger partial charge in [-0.05, 0) is 47.9 Å². The number of rotatable bonds is 6. The molecule has 1 aromatic rings. The van der Waals surface area contributed by atoms with Crippen LogP contribution in [0, 0.1) is 16.7 Å². The number of benzene rings is 1. The first-order chi connectivity index (χ1) is 9.79. The summed E-state index contributed by atoms with van der Waals surface area (Å²) in [5, 5.41) is 3.52. The van der Waals surface area contributed by atoms with Crippen molar-refractivity contribution in [1.82, 2.24) is 5.32 Å². The Hall–Kier alpha value is -1.22. The fourth-order valence-corrected chi connectivity index (χ4v) is 3.90. The fraction of sp³-hybridized carbons (Fsp3) is 0.667. The summed E-state index contributed by atoms with van der Waals surface area (Å²) < 4.78 is 10.7. The zero-order valence-corrected chi connectivity index (χ0v) is 14.4. The molecule has 0 aromatic heterocycles. The number of likely N-dealkylation sites (N-methyl/N-ethyl adjacent to an activating group) is 1. The van der Waals surface area contributed by atoms with Gasteiger partial charge in [0.15, 0.2) is 11.5 Å². The molecular formula is C18H29NO2. The predicted octanol–water partition coefficient (Wildman–Crippen LogP) is 3.52. The van der Waals surface area contributed by atoms with Gasteiger partial charge in [-0.15, -0.1) is 0 Å². The van der Waals surface area contributed by atoms with Crippen LogP contribution in [0.4, 0.5) is 0 Å². The first-order valence-corrected chi connectivity index (χ1v) is 7.67. The molecule has 1 N–H and O–H groups in total. The van der Waals surface area contributed by atoms with Crippen molar-refractivity contribution in [3.05, 3.63) is 23.8 Å². The van der Waals surface area contributed by atoms with E-state index in [1.54, 1.807) is 14.2 Å². The van der Waals surface area contributed by atoms with Crippen LogP contribution in [-0.4, -0.2) is 27.3 Å². The third kappa shape index (κ3) is 2.64. The zero-order valence-electron chi connectivity index (χ0n) is 14.4. The van der Waals surface area contributed by atoms with Crippen LogP contribution in [-0.2, 0) is 6.42 Å². The van der Waals surface area contributed by atoms with E-state index in [1.807, 2.05) is 6.07 Å². The summed E-state index contributed by atoms with van der Waals surface area (Å²) in [5.41, 5.74) is 2.06. The van der Waals surface area contributed by atoms with Gasteiger partial charge < -0.3 is 14.8 Å². The van der Waals surface area contributed by atoms with E-state index in [2.05, 4.69) is 52.2 Å². The highest BCUT2D eigenvalue weighted by atomic mass is 16.5. The molecule has 0 radical (unpaired) electrons. The van der Waals surface area contributed by atoms with Gasteiger partial charge in [-0.2, -0.15) is 0 Å². The van der Waals surface area contributed by atoms with Gasteiger partial charge in [0.1, 0.15) is 0 Å². The van der Waals surface area contributed by atoms with Crippen molar-refractivity contribution in [2.75, 3.05) is 21.3 Å². The first-order valence-electron chi connectivity index (χ1n) is 7.67. The van der Waals surface area contributed by atoms with E-state index in [1.165, 1.54) is 5.56 Å². The molecule has 0 amide bonds. The highest BCUT2D eigenvalue weighted by Crippen LogP contribution is 2.69. The minimum Gasteiger partial charge on any atom is -0.493 e. The Morgan fingerprint density at radius 1 is 1.05 bits per heavy atom. The van der Waals surface area contributed by atoms with E-state index in [-0.39, 0.29) is 0 Å². The Morgan fingerprint density at radius 3 is 2.05 bits per heavy atom. The molecule has 0 heterocycles. The van der Waals surface area contributed by atoms with Gasteiger partial charge in [0, 0.05) is 6.04 Å². The highest BCUT2D eigenvalue weighted by Gasteiger charge is 2.66. The lowest BCUT2D eigenvalue weighted by Crippen LogP contribution is -2.32. The molecule has 21 heavy (non-hydrogen) atoms. The molecular weight excluding hydrogens is 262 g/mol. The quantitative estimate of drug-likeness (QED) is 0.870. The van der Waals surface area contributed by atoms with Gasteiger partial charge in [-0.3, -0.25) is 0 Å². The summed E-state index contributed by atoms with van der Waals surface area (Å²) in [5.74, 6) is 2.27. The van der Waals surface area contributed by atoms with Crippen molar-refractivity contribution in [3.8, 4) is 11.5 Å². The summed E-state index contributed by atoms with van der Waals surface area (Å²) in [4.78, 5) is 0. The molecule has 0 bridgehead atoms. The number of nitrogens with one attached hydrogen (secondary N) is 1. The smallest absolute Gasteiger partial charge is 0.160 e. The van der Waals surface area contributed by atoms with E-state index in [4.69, 9.17) is 9.47 Å². The number of hydrogen-bond donors (Lipinski definition) is 1. The number of methoxy groups -OCH3 is 2. The normalized spacial score (nSPS) is 20.9. The lowest BCUT2D eigenvalue weighted by molar-refractivity contribution is 0.353. The molecule has 0 aliphatic heterocycles. The molecule has 1 atom stereocenters. The van der Waals surface area contributed by atoms with Gasteiger partial charge in [0.25, 0.3) is 0 Å². The summed E-state index contributed by atoms with van der Waals surface area (Å²) in [7, 11) is 5.42. The van der Waals surface area contributed by atoms with Crippen LogP contribution >= 0.6 is 0 Å². The maximum Gasteiger partial charge on any atom is 0.160 e. The van der Waals surface area contributed by atoms with Crippen LogP contribution in [0.3, 0.4) is 0 Å². The monoisotopic (exact) mass is 291 g/mol. The molecule has 1 aliphatic carbocycles. The van der Waals surface area contributed by atoms with Crippen LogP contribution in [0.25, 0.3) is 0 Å². The second-order valence-electron chi connectivity index (χ2n) is 7.21. The van der Waals surface area contributed by atoms with Crippen LogP contribution in [0.1, 0.15) is 33.3 Å². The van der Waals surface area contributed by atoms with Gasteiger partial charge >= 0.3 is 0 Å². The zero-order chi connectivity index (χ0) is 15.8. The molecule has 1 aromatic carbocycles. The highest BCUT2D eigenvalue weighted by molar-refractivity contribution is 5.43. The van der Waals surface area contributed by atoms with E-state index < -0.39 is 0 Å². The van der Waals surface area contributed by atoms with E-state index >= 15 is 0 Å². The Bertz CT molecular complexity index is 494. The van der Waals surface area contributed by atoms with Crippen LogP contribution < -0.4 is 14.8 Å². The minimum absolute atomic E-state index is 0.386. The lowest BCUT2D eigenvalue weighted by atomic mass is 9.96. The van der Waals surface area contributed by atoms with Crippen LogP contribution in [0.2, 0.25) is 0 Å². The van der Waals surface area contributed by atoms with Gasteiger partial charge in [0.2, 0.25) is 0 Å². The maximum atomic E-state index is 5.40. The minimum atomic E-state index is 0.386. The molecule has 0 spiro atoms. The largest absolute Gasteiger partial charge is 0.493 e. The van der Waals surface area contributed by atoms with Crippen LogP contribution in [0.15, 0.2) is 18.2 Å². The molecule has 0 saturated heterocycles. The standard InChI is InChI=1S/C18H29NO2/c1-17(2)16(18(17,3)4)13(19-5)10-12-8-9-14(20-6)15(11-12)21-7/h8-9,11,13,16,19H,10H2,1-7H3. The van der Waals surface area contributed by atoms with Crippen molar-refractivity contribution in [2.45, 2.75) is 40.2 Å². The molecule has 1 fully saturated rings. The summed E-state index contributed by atoms with van der Waals surface area (Å²) in [6.45, 7) is 9.49. The SMILES string of the molecule is CNC(Cc1ccc(OC)c(OC)c1)C1C(C)(C)C1(C)C. The van der Waals surface area contributed by atoms with Gasteiger partial charge in [0.05, 0.1) is 14.2 Å². The lowest BCUT2D eigenvalue weighted by Gasteiger charge is -2.19. The molecule has 118 valence electrons. The van der Waals surface area contributed by atoms with Crippen molar-refractivity contribution >= 4 is 0 Å². The summed E-state index contributed by atoms with van der Waals surface area (Å²) >= 11 is 0. The predicted molar refractivity (Wildman–Crippen MR) is 87.1 cm³/mol. The van der Waals surface area contributed by atoms with E-state index in [9.17, 15) is 0 Å². The molecule has 3 nitrogen and oxygen atoms in total. The maximum absolute atomic E-state index is 5.40. The van der Waals surface area contributed by atoms with Gasteiger partial charge in [-0.1, -0.05) is 33.8 Å². The summed E-state index contributed by atoms with van der Waals surface area (Å²) in [6, 6.07) is 6.69. The van der Waals surface area contributed by atoms with Crippen molar-refractivity contribution in [3.63, 3.8) is 0 Å². The molecule has 1 aliphatic rings. The second kappa shape index (κ2) is 5.53. The Morgan fingerprint density at radius 2 is 1.62 bits per heavy atom. The Labute approximate surface area is 129 Å². The first kappa shape index (κ1) is 16.2. The fourth-order valence-electron chi connectivity index (χ4n) is 3.90. The van der Waals surface area contributed by atoms with Crippen molar-refractivity contribution in [1.29, 1.82) is 0 Å². The average molecular weight is 291 g/mol. The molecule has 1 unspecified atom stereocenters. The van der Waals surface area contributed by atoms with E-state index in [0.717, 1.165) is 17.9 Å². The van der Waals surface area contributed by atoms with Crippen molar-refractivity contribution < 1.29 is 9.47 Å². The topological polar surface area (TPSA) is 30.5 Å².